The molecule has 1 heterocycles. The van der Waals surface area contributed by atoms with Crippen LogP contribution in [0, 0.1) is 0 Å². The van der Waals surface area contributed by atoms with E-state index < -0.39 is 0 Å². The van der Waals surface area contributed by atoms with E-state index in [0.29, 0.717) is 12.1 Å². The molecule has 3 aromatic rings. The smallest absolute Gasteiger partial charge is 0.251 e. The van der Waals surface area contributed by atoms with Crippen LogP contribution in [-0.2, 0) is 0 Å². The maximum atomic E-state index is 12.2. The van der Waals surface area contributed by atoms with Gasteiger partial charge < -0.3 is 5.32 Å². The molecule has 1 amide bonds. The molecule has 0 aliphatic carbocycles. The Hall–Kier alpha value is -2.30. The largest absolute Gasteiger partial charge is 0.352 e. The maximum absolute atomic E-state index is 12.2. The first-order valence-corrected chi connectivity index (χ1v) is 9.29. The third kappa shape index (κ3) is 5.90. The molecule has 5 heteroatoms. The van der Waals surface area contributed by atoms with Crippen LogP contribution in [0.1, 0.15) is 16.8 Å². The normalized spacial score (nSPS) is 10.0. The summed E-state index contributed by atoms with van der Waals surface area (Å²) in [5.41, 5.74) is 2.96. The second-order valence-electron chi connectivity index (χ2n) is 5.57. The molecule has 1 aromatic heterocycles. The van der Waals surface area contributed by atoms with Gasteiger partial charge in [-0.1, -0.05) is 48.5 Å². The van der Waals surface area contributed by atoms with Gasteiger partial charge in [-0.05, 0) is 41.8 Å². The predicted octanol–water partition coefficient (Wildman–Crippen LogP) is 5.08. The van der Waals surface area contributed by atoms with Gasteiger partial charge in [-0.25, -0.2) is 4.98 Å². The molecular formula is C21H21ClN2OS. The Kier molecular flexibility index (Phi) is 8.19. The van der Waals surface area contributed by atoms with Crippen molar-refractivity contribution in [3.05, 3.63) is 84.6 Å². The lowest BCUT2D eigenvalue weighted by Crippen LogP contribution is -2.24. The quantitative estimate of drug-likeness (QED) is 0.456. The number of benzene rings is 2. The van der Waals surface area contributed by atoms with E-state index in [1.165, 1.54) is 0 Å². The number of nitrogens with one attached hydrogen (secondary N) is 1. The van der Waals surface area contributed by atoms with Gasteiger partial charge in [0.25, 0.3) is 5.91 Å². The lowest BCUT2D eigenvalue weighted by atomic mass is 10.0. The summed E-state index contributed by atoms with van der Waals surface area (Å²) in [6.45, 7) is 0.666. The first kappa shape index (κ1) is 20.0. The molecule has 0 atom stereocenters. The summed E-state index contributed by atoms with van der Waals surface area (Å²) < 4.78 is 0. The van der Waals surface area contributed by atoms with E-state index in [-0.39, 0.29) is 18.3 Å². The molecule has 0 saturated heterocycles. The number of nitrogens with zero attached hydrogens (tertiary/aromatic N) is 1. The van der Waals surface area contributed by atoms with Crippen molar-refractivity contribution in [1.29, 1.82) is 0 Å². The first-order chi connectivity index (χ1) is 12.3. The maximum Gasteiger partial charge on any atom is 0.251 e. The van der Waals surface area contributed by atoms with Gasteiger partial charge in [0, 0.05) is 24.1 Å². The molecule has 0 saturated carbocycles. The summed E-state index contributed by atoms with van der Waals surface area (Å²) in [6.07, 6.45) is 2.71. The summed E-state index contributed by atoms with van der Waals surface area (Å²) in [4.78, 5) is 16.5. The van der Waals surface area contributed by atoms with E-state index in [0.717, 1.165) is 28.3 Å². The van der Waals surface area contributed by atoms with Crippen LogP contribution in [0.2, 0.25) is 0 Å². The average Bonchev–Trinajstić information content (AvgIpc) is 2.69. The Morgan fingerprint density at radius 1 is 0.885 bits per heavy atom. The highest BCUT2D eigenvalue weighted by atomic mass is 35.5. The molecule has 0 spiro atoms. The van der Waals surface area contributed by atoms with E-state index in [1.807, 2.05) is 60.7 Å². The van der Waals surface area contributed by atoms with Crippen LogP contribution in [0.4, 0.5) is 0 Å². The number of carbonyl (C=O) groups excluding carboxylic acids is 1. The molecule has 0 aliphatic rings. The minimum absolute atomic E-state index is 0. The zero-order valence-corrected chi connectivity index (χ0v) is 15.9. The topological polar surface area (TPSA) is 42.0 Å². The fourth-order valence-corrected chi connectivity index (χ4v) is 3.24. The van der Waals surface area contributed by atoms with Gasteiger partial charge in [-0.3, -0.25) is 4.79 Å². The highest BCUT2D eigenvalue weighted by molar-refractivity contribution is 7.99. The average molecular weight is 385 g/mol. The Labute approximate surface area is 164 Å². The Bertz CT molecular complexity index is 795. The number of rotatable bonds is 7. The SMILES string of the molecule is Cl.O=C(NCCCSc1ccccn1)c1ccc(-c2ccccc2)cc1. The molecule has 0 unspecified atom stereocenters. The van der Waals surface area contributed by atoms with Gasteiger partial charge in [0.1, 0.15) is 0 Å². The molecule has 134 valence electrons. The molecule has 2 aromatic carbocycles. The molecule has 3 nitrogen and oxygen atoms in total. The number of amides is 1. The number of aromatic nitrogens is 1. The first-order valence-electron chi connectivity index (χ1n) is 8.30. The van der Waals surface area contributed by atoms with Crippen molar-refractivity contribution in [3.8, 4) is 11.1 Å². The summed E-state index contributed by atoms with van der Waals surface area (Å²) >= 11 is 1.71. The molecular weight excluding hydrogens is 364 g/mol. The standard InChI is InChI=1S/C21H20N2OS.ClH/c24-21(23-15-6-16-25-20-9-4-5-14-22-20)19-12-10-18(11-13-19)17-7-2-1-3-8-17;/h1-5,7-14H,6,15-16H2,(H,23,24);1H. The second kappa shape index (κ2) is 10.6. The Morgan fingerprint density at radius 3 is 2.27 bits per heavy atom. The highest BCUT2D eigenvalue weighted by Crippen LogP contribution is 2.19. The van der Waals surface area contributed by atoms with Crippen LogP contribution >= 0.6 is 24.2 Å². The van der Waals surface area contributed by atoms with Crippen LogP contribution in [0.25, 0.3) is 11.1 Å². The molecule has 0 bridgehead atoms. The van der Waals surface area contributed by atoms with Crippen LogP contribution in [0.15, 0.2) is 84.0 Å². The number of thioether (sulfide) groups is 1. The summed E-state index contributed by atoms with van der Waals surface area (Å²) in [6, 6.07) is 23.8. The molecule has 0 radical (unpaired) electrons. The van der Waals surface area contributed by atoms with Crippen molar-refractivity contribution in [1.82, 2.24) is 10.3 Å². The van der Waals surface area contributed by atoms with Crippen molar-refractivity contribution < 1.29 is 4.79 Å². The van der Waals surface area contributed by atoms with Gasteiger partial charge in [-0.15, -0.1) is 24.2 Å². The van der Waals surface area contributed by atoms with Crippen molar-refractivity contribution >= 4 is 30.1 Å². The highest BCUT2D eigenvalue weighted by Gasteiger charge is 2.05. The number of pyridine rings is 1. The van der Waals surface area contributed by atoms with Crippen molar-refractivity contribution in [2.24, 2.45) is 0 Å². The van der Waals surface area contributed by atoms with Crippen LogP contribution in [0.5, 0.6) is 0 Å². The Morgan fingerprint density at radius 2 is 1.58 bits per heavy atom. The van der Waals surface area contributed by atoms with Gasteiger partial charge in [-0.2, -0.15) is 0 Å². The summed E-state index contributed by atoms with van der Waals surface area (Å²) in [5.74, 6) is 0.909. The van der Waals surface area contributed by atoms with E-state index in [9.17, 15) is 4.79 Å². The zero-order valence-electron chi connectivity index (χ0n) is 14.3. The van der Waals surface area contributed by atoms with Crippen LogP contribution in [-0.4, -0.2) is 23.2 Å². The van der Waals surface area contributed by atoms with E-state index in [2.05, 4.69) is 22.4 Å². The van der Waals surface area contributed by atoms with E-state index in [4.69, 9.17) is 0 Å². The summed E-state index contributed by atoms with van der Waals surface area (Å²) in [5, 5.41) is 3.99. The minimum Gasteiger partial charge on any atom is -0.352 e. The monoisotopic (exact) mass is 384 g/mol. The van der Waals surface area contributed by atoms with Crippen molar-refractivity contribution in [3.63, 3.8) is 0 Å². The fraction of sp³-hybridized carbons (Fsp3) is 0.143. The van der Waals surface area contributed by atoms with Gasteiger partial charge >= 0.3 is 0 Å². The molecule has 1 N–H and O–H groups in total. The number of halogens is 1. The third-order valence-electron chi connectivity index (χ3n) is 3.75. The zero-order chi connectivity index (χ0) is 17.3. The number of carbonyl (C=O) groups is 1. The second-order valence-corrected chi connectivity index (χ2v) is 6.68. The third-order valence-corrected chi connectivity index (χ3v) is 4.78. The number of hydrogen-bond donors (Lipinski definition) is 1. The molecule has 0 fully saturated rings. The van der Waals surface area contributed by atoms with E-state index >= 15 is 0 Å². The fourth-order valence-electron chi connectivity index (χ4n) is 2.43. The number of hydrogen-bond acceptors (Lipinski definition) is 3. The van der Waals surface area contributed by atoms with Crippen molar-refractivity contribution in [2.45, 2.75) is 11.4 Å². The van der Waals surface area contributed by atoms with Crippen LogP contribution < -0.4 is 5.32 Å². The lowest BCUT2D eigenvalue weighted by Gasteiger charge is -2.06. The Balaban J connectivity index is 0.00000243. The summed E-state index contributed by atoms with van der Waals surface area (Å²) in [7, 11) is 0. The van der Waals surface area contributed by atoms with Gasteiger partial charge in [0.2, 0.25) is 0 Å². The van der Waals surface area contributed by atoms with E-state index in [1.54, 1.807) is 18.0 Å². The molecule has 26 heavy (non-hydrogen) atoms. The molecule has 3 rings (SSSR count). The van der Waals surface area contributed by atoms with Gasteiger partial charge in [0.05, 0.1) is 5.03 Å². The predicted molar refractivity (Wildman–Crippen MR) is 111 cm³/mol. The van der Waals surface area contributed by atoms with Crippen LogP contribution in [0.3, 0.4) is 0 Å². The van der Waals surface area contributed by atoms with Crippen molar-refractivity contribution in [2.75, 3.05) is 12.3 Å². The lowest BCUT2D eigenvalue weighted by molar-refractivity contribution is 0.0954. The molecule has 0 aliphatic heterocycles. The minimum atomic E-state index is -0.0255. The van der Waals surface area contributed by atoms with Gasteiger partial charge in [0.15, 0.2) is 0 Å².